The molecule has 0 aromatic carbocycles. The minimum Gasteiger partial charge on any atom is -0.476 e. The smallest absolute Gasteiger partial charge is 0.360 e. The van der Waals surface area contributed by atoms with Gasteiger partial charge in [0.1, 0.15) is 0 Å². The lowest BCUT2D eigenvalue weighted by molar-refractivity contribution is 0.0590. The van der Waals surface area contributed by atoms with Gasteiger partial charge in [-0.2, -0.15) is 0 Å². The van der Waals surface area contributed by atoms with Gasteiger partial charge in [0.15, 0.2) is 0 Å². The molecule has 64 valence electrons. The van der Waals surface area contributed by atoms with Gasteiger partial charge in [0, 0.05) is 0 Å². The first kappa shape index (κ1) is 7.98. The van der Waals surface area contributed by atoms with Crippen LogP contribution in [0.15, 0.2) is 0 Å². The van der Waals surface area contributed by atoms with Gasteiger partial charge in [-0.25, -0.2) is 9.59 Å². The van der Waals surface area contributed by atoms with Crippen LogP contribution < -0.4 is 0 Å². The van der Waals surface area contributed by atoms with E-state index in [-0.39, 0.29) is 4.85 Å². The molecule has 1 heterocycles. The highest BCUT2D eigenvalue weighted by atomic mass is 16.5. The molecule has 0 aliphatic rings. The van der Waals surface area contributed by atoms with Crippen LogP contribution in [-0.2, 0) is 0 Å². The number of hydrogen-bond acceptors (Lipinski definition) is 5. The number of carboxylic acid groups (broad SMARTS) is 2. The zero-order chi connectivity index (χ0) is 9.30. The molecule has 0 bridgehead atoms. The quantitative estimate of drug-likeness (QED) is 0.485. The van der Waals surface area contributed by atoms with Crippen LogP contribution in [0.3, 0.4) is 0 Å². The number of carboxylic acids is 2. The molecule has 0 amide bonds. The van der Waals surface area contributed by atoms with Gasteiger partial charge < -0.3 is 15.4 Å². The second kappa shape index (κ2) is 2.49. The molecule has 0 spiro atoms. The molecule has 1 aromatic heterocycles. The summed E-state index contributed by atoms with van der Waals surface area (Å²) in [5, 5.41) is 31.1. The van der Waals surface area contributed by atoms with Crippen LogP contribution in [-0.4, -0.2) is 42.5 Å². The van der Waals surface area contributed by atoms with Crippen molar-refractivity contribution in [2.75, 3.05) is 0 Å². The van der Waals surface area contributed by atoms with Crippen LogP contribution >= 0.6 is 0 Å². The topological polar surface area (TPSA) is 126 Å². The Morgan fingerprint density at radius 1 is 1.25 bits per heavy atom. The molecule has 0 unspecified atom stereocenters. The Bertz CT molecular complexity index is 342. The summed E-state index contributed by atoms with van der Waals surface area (Å²) in [5.41, 5.74) is -1.67. The van der Waals surface area contributed by atoms with E-state index >= 15 is 0 Å². The summed E-state index contributed by atoms with van der Waals surface area (Å²) in [6, 6.07) is 0. The zero-order valence-electron chi connectivity index (χ0n) is 5.50. The van der Waals surface area contributed by atoms with E-state index in [0.29, 0.717) is 0 Å². The number of aromatic carboxylic acids is 2. The van der Waals surface area contributed by atoms with Crippen molar-refractivity contribution < 1.29 is 25.0 Å². The van der Waals surface area contributed by atoms with Gasteiger partial charge in [-0.1, -0.05) is 4.85 Å². The second-order valence-electron chi connectivity index (χ2n) is 1.79. The summed E-state index contributed by atoms with van der Waals surface area (Å²) >= 11 is 0. The summed E-state index contributed by atoms with van der Waals surface area (Å²) in [7, 11) is 0. The van der Waals surface area contributed by atoms with E-state index in [9.17, 15) is 9.59 Å². The molecule has 8 heteroatoms. The largest absolute Gasteiger partial charge is 0.476 e. The van der Waals surface area contributed by atoms with E-state index < -0.39 is 23.3 Å². The van der Waals surface area contributed by atoms with Crippen LogP contribution in [0, 0.1) is 0 Å². The number of carbonyl (C=O) groups is 2. The lowest BCUT2D eigenvalue weighted by atomic mass is 10.3. The maximum absolute atomic E-state index is 10.3. The molecule has 0 aliphatic heterocycles. The monoisotopic (exact) mass is 173 g/mol. The van der Waals surface area contributed by atoms with E-state index in [2.05, 4.69) is 10.3 Å². The van der Waals surface area contributed by atoms with E-state index in [0.717, 1.165) is 0 Å². The Labute approximate surface area is 64.6 Å². The third kappa shape index (κ3) is 1.05. The minimum atomic E-state index is -1.61. The summed E-state index contributed by atoms with van der Waals surface area (Å²) in [6.07, 6.45) is 0. The van der Waals surface area contributed by atoms with Gasteiger partial charge in [0.2, 0.25) is 11.4 Å². The Morgan fingerprint density at radius 2 is 1.83 bits per heavy atom. The van der Waals surface area contributed by atoms with E-state index in [4.69, 9.17) is 15.4 Å². The molecule has 8 nitrogen and oxygen atoms in total. The summed E-state index contributed by atoms with van der Waals surface area (Å²) in [4.78, 5) is 20.4. The Balaban J connectivity index is 3.31. The minimum absolute atomic E-state index is 0.105. The van der Waals surface area contributed by atoms with Crippen molar-refractivity contribution in [3.8, 4) is 0 Å². The van der Waals surface area contributed by atoms with Crippen LogP contribution in [0.4, 0.5) is 0 Å². The first-order valence-electron chi connectivity index (χ1n) is 2.65. The number of nitrogens with zero attached hydrogens (tertiary/aromatic N) is 3. The molecule has 0 saturated carbocycles. The standard InChI is InChI=1S/C4H3N3O5/c8-3(9)1-2(4(10)11)7(12)6-5-1/h12H,(H,8,9)(H,10,11). The van der Waals surface area contributed by atoms with Crippen LogP contribution in [0.2, 0.25) is 0 Å². The van der Waals surface area contributed by atoms with Gasteiger partial charge >= 0.3 is 11.9 Å². The Hall–Kier alpha value is -2.12. The Morgan fingerprint density at radius 3 is 2.17 bits per heavy atom. The molecule has 0 fully saturated rings. The predicted octanol–water partition coefficient (Wildman–Crippen LogP) is -1.09. The van der Waals surface area contributed by atoms with Gasteiger partial charge in [-0.3, -0.25) is 0 Å². The third-order valence-corrected chi connectivity index (χ3v) is 1.06. The lowest BCUT2D eigenvalue weighted by Gasteiger charge is -1.91. The fraction of sp³-hybridized carbons (Fsp3) is 0. The van der Waals surface area contributed by atoms with Crippen LogP contribution in [0.5, 0.6) is 0 Å². The van der Waals surface area contributed by atoms with Crippen molar-refractivity contribution in [1.29, 1.82) is 0 Å². The average molecular weight is 173 g/mol. The second-order valence-corrected chi connectivity index (χ2v) is 1.79. The van der Waals surface area contributed by atoms with Crippen molar-refractivity contribution in [3.63, 3.8) is 0 Å². The highest BCUT2D eigenvalue weighted by Gasteiger charge is 2.24. The van der Waals surface area contributed by atoms with Crippen molar-refractivity contribution >= 4 is 11.9 Å². The summed E-state index contributed by atoms with van der Waals surface area (Å²) < 4.78 is 0. The number of rotatable bonds is 2. The highest BCUT2D eigenvalue weighted by molar-refractivity contribution is 5.98. The average Bonchev–Trinajstić information content (AvgIpc) is 2.30. The normalized spacial score (nSPS) is 9.67. The van der Waals surface area contributed by atoms with Crippen molar-refractivity contribution in [2.24, 2.45) is 0 Å². The predicted molar refractivity (Wildman–Crippen MR) is 31.1 cm³/mol. The highest BCUT2D eigenvalue weighted by Crippen LogP contribution is 2.02. The third-order valence-electron chi connectivity index (χ3n) is 1.06. The molecule has 0 atom stereocenters. The van der Waals surface area contributed by atoms with E-state index in [1.807, 2.05) is 0 Å². The molecular weight excluding hydrogens is 170 g/mol. The molecule has 1 rings (SSSR count). The molecule has 0 radical (unpaired) electrons. The van der Waals surface area contributed by atoms with Crippen molar-refractivity contribution in [3.05, 3.63) is 11.4 Å². The zero-order valence-corrected chi connectivity index (χ0v) is 5.50. The van der Waals surface area contributed by atoms with Gasteiger partial charge in [-0.05, 0) is 5.21 Å². The number of hydrogen-bond donors (Lipinski definition) is 3. The van der Waals surface area contributed by atoms with Gasteiger partial charge in [0.25, 0.3) is 0 Å². The van der Waals surface area contributed by atoms with Gasteiger partial charge in [0.05, 0.1) is 0 Å². The molecule has 0 aliphatic carbocycles. The SMILES string of the molecule is O=C(O)c1nnn(O)c1C(=O)O. The summed E-state index contributed by atoms with van der Waals surface area (Å²) in [5.74, 6) is -3.17. The van der Waals surface area contributed by atoms with E-state index in [1.165, 1.54) is 0 Å². The fourth-order valence-electron chi connectivity index (χ4n) is 0.605. The van der Waals surface area contributed by atoms with Gasteiger partial charge in [-0.15, -0.1) is 5.10 Å². The van der Waals surface area contributed by atoms with Crippen molar-refractivity contribution in [1.82, 2.24) is 15.2 Å². The van der Waals surface area contributed by atoms with Crippen LogP contribution in [0.25, 0.3) is 0 Å². The van der Waals surface area contributed by atoms with Crippen LogP contribution in [0.1, 0.15) is 21.0 Å². The molecule has 1 aromatic rings. The maximum Gasteiger partial charge on any atom is 0.360 e. The Kier molecular flexibility index (Phi) is 1.66. The first-order valence-corrected chi connectivity index (χ1v) is 2.65. The number of aromatic nitrogens is 3. The molecule has 3 N–H and O–H groups in total. The summed E-state index contributed by atoms with van der Waals surface area (Å²) in [6.45, 7) is 0. The fourth-order valence-corrected chi connectivity index (χ4v) is 0.605. The first-order chi connectivity index (χ1) is 5.54. The molecular formula is C4H3N3O5. The molecule has 0 saturated heterocycles. The van der Waals surface area contributed by atoms with Crippen molar-refractivity contribution in [2.45, 2.75) is 0 Å². The lowest BCUT2D eigenvalue weighted by Crippen LogP contribution is -2.11. The maximum atomic E-state index is 10.3. The molecule has 12 heavy (non-hydrogen) atoms. The van der Waals surface area contributed by atoms with E-state index in [1.54, 1.807) is 0 Å².